The van der Waals surface area contributed by atoms with Gasteiger partial charge in [0.05, 0.1) is 30.2 Å². The van der Waals surface area contributed by atoms with Crippen LogP contribution in [-0.4, -0.2) is 73.7 Å². The highest BCUT2D eigenvalue weighted by Gasteiger charge is 2.57. The molecule has 10 nitrogen and oxygen atoms in total. The normalized spacial score (nSPS) is 21.2. The highest BCUT2D eigenvalue weighted by molar-refractivity contribution is 7.93. The van der Waals surface area contributed by atoms with E-state index in [1.807, 2.05) is 18.2 Å². The number of aromatic nitrogens is 2. The second kappa shape index (κ2) is 10.5. The molecular formula is C26H35N5O5S. The van der Waals surface area contributed by atoms with Crippen molar-refractivity contribution in [1.29, 1.82) is 0 Å². The molecular weight excluding hydrogens is 494 g/mol. The van der Waals surface area contributed by atoms with Crippen LogP contribution in [0.1, 0.15) is 51.1 Å². The highest BCUT2D eigenvalue weighted by atomic mass is 32.2. The third-order valence-corrected chi connectivity index (χ3v) is 10.6. The van der Waals surface area contributed by atoms with Crippen molar-refractivity contribution < 1.29 is 23.1 Å². The number of nitrogens with zero attached hydrogens (tertiary/aromatic N) is 3. The first-order valence-electron chi connectivity index (χ1n) is 13.1. The number of carbonyl (C=O) groups excluding carboxylic acids is 1. The van der Waals surface area contributed by atoms with Crippen molar-refractivity contribution in [3.63, 3.8) is 0 Å². The summed E-state index contributed by atoms with van der Waals surface area (Å²) in [4.78, 5) is 23.9. The van der Waals surface area contributed by atoms with Crippen LogP contribution in [0.2, 0.25) is 0 Å². The summed E-state index contributed by atoms with van der Waals surface area (Å²) in [6, 6.07) is 8.85. The molecule has 3 fully saturated rings. The van der Waals surface area contributed by atoms with Crippen molar-refractivity contribution in [2.45, 2.75) is 61.5 Å². The molecule has 2 amide bonds. The average molecular weight is 530 g/mol. The Balaban J connectivity index is 1.48. The van der Waals surface area contributed by atoms with Gasteiger partial charge in [0.1, 0.15) is 10.6 Å². The molecule has 0 bridgehead atoms. The van der Waals surface area contributed by atoms with Crippen molar-refractivity contribution in [1.82, 2.24) is 15.3 Å². The zero-order valence-electron chi connectivity index (χ0n) is 21.1. The quantitative estimate of drug-likeness (QED) is 0.422. The summed E-state index contributed by atoms with van der Waals surface area (Å²) in [6.07, 6.45) is 4.01. The van der Waals surface area contributed by atoms with E-state index < -0.39 is 14.6 Å². The summed E-state index contributed by atoms with van der Waals surface area (Å²) in [5.74, 6) is 1.20. The number of sulfone groups is 1. The van der Waals surface area contributed by atoms with Crippen molar-refractivity contribution in [2.24, 2.45) is 0 Å². The fourth-order valence-electron chi connectivity index (χ4n) is 5.05. The molecule has 0 radical (unpaired) electrons. The summed E-state index contributed by atoms with van der Waals surface area (Å²) < 4.78 is 31.8. The molecule has 1 aromatic heterocycles. The first-order chi connectivity index (χ1) is 17.8. The zero-order valence-corrected chi connectivity index (χ0v) is 22.0. The summed E-state index contributed by atoms with van der Waals surface area (Å²) >= 11 is 0. The topological polar surface area (TPSA) is 134 Å². The summed E-state index contributed by atoms with van der Waals surface area (Å²) in [6.45, 7) is 4.32. The van der Waals surface area contributed by atoms with Crippen molar-refractivity contribution in [3.05, 3.63) is 36.0 Å². The van der Waals surface area contributed by atoms with Gasteiger partial charge in [-0.1, -0.05) is 0 Å². The van der Waals surface area contributed by atoms with E-state index in [1.54, 1.807) is 12.1 Å². The van der Waals surface area contributed by atoms with Crippen LogP contribution in [0.3, 0.4) is 0 Å². The van der Waals surface area contributed by atoms with Gasteiger partial charge in [0.25, 0.3) is 0 Å². The van der Waals surface area contributed by atoms with Gasteiger partial charge in [-0.15, -0.1) is 0 Å². The molecule has 2 saturated carbocycles. The van der Waals surface area contributed by atoms with Gasteiger partial charge in [-0.05, 0) is 69.7 Å². The maximum Gasteiger partial charge on any atom is 0.319 e. The predicted octanol–water partition coefficient (Wildman–Crippen LogP) is 2.83. The Labute approximate surface area is 217 Å². The molecule has 0 unspecified atom stereocenters. The van der Waals surface area contributed by atoms with Crippen molar-refractivity contribution in [3.8, 4) is 11.4 Å². The van der Waals surface area contributed by atoms with Crippen LogP contribution >= 0.6 is 0 Å². The molecule has 1 atom stereocenters. The summed E-state index contributed by atoms with van der Waals surface area (Å²) in [5, 5.41) is 14.1. The summed E-state index contributed by atoms with van der Waals surface area (Å²) in [7, 11) is -3.34. The lowest BCUT2D eigenvalue weighted by Crippen LogP contribution is -2.46. The Morgan fingerprint density at radius 2 is 1.97 bits per heavy atom. The molecule has 2 aromatic rings. The number of anilines is 2. The van der Waals surface area contributed by atoms with Crippen LogP contribution in [0, 0.1) is 0 Å². The molecule has 5 rings (SSSR count). The number of rotatable bonds is 9. The van der Waals surface area contributed by atoms with E-state index in [0.717, 1.165) is 30.6 Å². The predicted molar refractivity (Wildman–Crippen MR) is 141 cm³/mol. The molecule has 2 aliphatic carbocycles. The molecule has 37 heavy (non-hydrogen) atoms. The molecule has 11 heteroatoms. The fourth-order valence-corrected chi connectivity index (χ4v) is 7.70. The standard InChI is InChI=1S/C26H35N5O5S/c1-18-17-36-15-13-31(18)23-16-22(26(10-2-11-26)37(34,35)21-8-9-21)29-24(30-23)19-4-6-20(7-5-19)28-25(33)27-12-3-14-32/h4-7,16,18,21,32H,2-3,8-15,17H2,1H3,(H2,27,28,33)/t18-/m0/s1. The molecule has 2 heterocycles. The lowest BCUT2D eigenvalue weighted by molar-refractivity contribution is 0.0985. The van der Waals surface area contributed by atoms with E-state index in [9.17, 15) is 13.2 Å². The number of ether oxygens (including phenoxy) is 1. The van der Waals surface area contributed by atoms with E-state index in [2.05, 4.69) is 22.5 Å². The van der Waals surface area contributed by atoms with Gasteiger partial charge in [-0.3, -0.25) is 0 Å². The Kier molecular flexibility index (Phi) is 7.37. The first-order valence-corrected chi connectivity index (χ1v) is 14.6. The van der Waals surface area contributed by atoms with Crippen molar-refractivity contribution in [2.75, 3.05) is 43.1 Å². The second-order valence-corrected chi connectivity index (χ2v) is 12.7. The number of hydrogen-bond donors (Lipinski definition) is 3. The van der Waals surface area contributed by atoms with Crippen LogP contribution < -0.4 is 15.5 Å². The molecule has 200 valence electrons. The van der Waals surface area contributed by atoms with E-state index >= 15 is 0 Å². The van der Waals surface area contributed by atoms with Gasteiger partial charge >= 0.3 is 6.03 Å². The van der Waals surface area contributed by atoms with Crippen LogP contribution in [-0.2, 0) is 19.3 Å². The minimum atomic E-state index is -3.34. The SMILES string of the molecule is C[C@H]1COCCN1c1cc(C2(S(=O)(=O)C3CC3)CCC2)nc(-c2ccc(NC(=O)NCCCO)cc2)n1. The Morgan fingerprint density at radius 1 is 1.22 bits per heavy atom. The lowest BCUT2D eigenvalue weighted by atomic mass is 9.81. The van der Waals surface area contributed by atoms with Crippen LogP contribution in [0.4, 0.5) is 16.3 Å². The van der Waals surface area contributed by atoms with Crippen molar-refractivity contribution >= 4 is 27.4 Å². The van der Waals surface area contributed by atoms with Gasteiger partial charge in [0.2, 0.25) is 0 Å². The zero-order chi connectivity index (χ0) is 26.0. The third-order valence-electron chi connectivity index (χ3n) is 7.53. The Hall–Kier alpha value is -2.76. The number of hydrogen-bond acceptors (Lipinski definition) is 8. The molecule has 3 N–H and O–H groups in total. The molecule has 3 aliphatic rings. The lowest BCUT2D eigenvalue weighted by Gasteiger charge is -2.41. The third kappa shape index (κ3) is 5.17. The van der Waals surface area contributed by atoms with E-state index in [4.69, 9.17) is 19.8 Å². The second-order valence-electron chi connectivity index (χ2n) is 10.2. The van der Waals surface area contributed by atoms with Gasteiger partial charge in [-0.25, -0.2) is 23.2 Å². The molecule has 1 aromatic carbocycles. The fraction of sp³-hybridized carbons (Fsp3) is 0.577. The number of carbonyl (C=O) groups is 1. The van der Waals surface area contributed by atoms with E-state index in [0.29, 0.717) is 62.8 Å². The molecule has 1 aliphatic heterocycles. The number of amides is 2. The number of benzene rings is 1. The Bertz CT molecular complexity index is 1230. The molecule has 0 spiro atoms. The van der Waals surface area contributed by atoms with Crippen LogP contribution in [0.5, 0.6) is 0 Å². The van der Waals surface area contributed by atoms with Gasteiger partial charge < -0.3 is 25.4 Å². The number of urea groups is 1. The Morgan fingerprint density at radius 3 is 2.59 bits per heavy atom. The largest absolute Gasteiger partial charge is 0.396 e. The monoisotopic (exact) mass is 529 g/mol. The van der Waals surface area contributed by atoms with Gasteiger partial charge in [-0.2, -0.15) is 0 Å². The number of aliphatic hydroxyl groups excluding tert-OH is 1. The number of morpholine rings is 1. The van der Waals surface area contributed by atoms with Gasteiger partial charge in [0.15, 0.2) is 15.7 Å². The van der Waals surface area contributed by atoms with Crippen LogP contribution in [0.25, 0.3) is 11.4 Å². The maximum absolute atomic E-state index is 13.6. The smallest absolute Gasteiger partial charge is 0.319 e. The van der Waals surface area contributed by atoms with Crippen LogP contribution in [0.15, 0.2) is 30.3 Å². The number of aliphatic hydroxyl groups is 1. The van der Waals surface area contributed by atoms with E-state index in [-0.39, 0.29) is 23.9 Å². The maximum atomic E-state index is 13.6. The number of nitrogens with one attached hydrogen (secondary N) is 2. The average Bonchev–Trinajstić information content (AvgIpc) is 3.70. The minimum absolute atomic E-state index is 0.0164. The highest BCUT2D eigenvalue weighted by Crippen LogP contribution is 2.53. The van der Waals surface area contributed by atoms with E-state index in [1.165, 1.54) is 0 Å². The first kappa shape index (κ1) is 25.9. The minimum Gasteiger partial charge on any atom is -0.396 e. The molecule has 1 saturated heterocycles. The summed E-state index contributed by atoms with van der Waals surface area (Å²) in [5.41, 5.74) is 1.94. The van der Waals surface area contributed by atoms with Gasteiger partial charge in [0, 0.05) is 37.0 Å².